The molecule has 0 aliphatic rings. The van der Waals surface area contributed by atoms with Crippen LogP contribution < -0.4 is 14.2 Å². The lowest BCUT2D eigenvalue weighted by Crippen LogP contribution is -2.14. The number of rotatable bonds is 7. The number of anilines is 1. The molecular weight excluding hydrogens is 408 g/mol. The van der Waals surface area contributed by atoms with Crippen LogP contribution in [0.2, 0.25) is 0 Å². The summed E-state index contributed by atoms with van der Waals surface area (Å²) in [4.78, 5) is 15.6. The van der Waals surface area contributed by atoms with Gasteiger partial charge in [0.15, 0.2) is 0 Å². The van der Waals surface area contributed by atoms with Gasteiger partial charge in [0, 0.05) is 17.8 Å². The second kappa shape index (κ2) is 8.83. The Bertz CT molecular complexity index is 1160. The molecule has 0 saturated heterocycles. The van der Waals surface area contributed by atoms with Gasteiger partial charge in [-0.2, -0.15) is 0 Å². The van der Waals surface area contributed by atoms with Crippen molar-refractivity contribution in [3.63, 3.8) is 0 Å². The van der Waals surface area contributed by atoms with Crippen LogP contribution in [-0.4, -0.2) is 40.7 Å². The van der Waals surface area contributed by atoms with Crippen LogP contribution in [0.15, 0.2) is 65.8 Å². The van der Waals surface area contributed by atoms with Crippen LogP contribution in [0, 0.1) is 0 Å². The van der Waals surface area contributed by atoms with Crippen molar-refractivity contribution in [2.45, 2.75) is 4.90 Å². The highest BCUT2D eigenvalue weighted by atomic mass is 32.2. The largest absolute Gasteiger partial charge is 0.497 e. The molecule has 0 bridgehead atoms. The Labute approximate surface area is 174 Å². The zero-order valence-electron chi connectivity index (χ0n) is 16.6. The van der Waals surface area contributed by atoms with Crippen LogP contribution in [0.4, 0.5) is 5.69 Å². The van der Waals surface area contributed by atoms with E-state index in [2.05, 4.69) is 14.4 Å². The number of esters is 1. The van der Waals surface area contributed by atoms with E-state index in [9.17, 15) is 13.2 Å². The van der Waals surface area contributed by atoms with Crippen molar-refractivity contribution >= 4 is 21.7 Å². The number of carbonyl (C=O) groups excluding carboxylic acids is 1. The highest BCUT2D eigenvalue weighted by Gasteiger charge is 2.21. The Hall–Kier alpha value is -3.59. The summed E-state index contributed by atoms with van der Waals surface area (Å²) in [6, 6.07) is 12.9. The minimum atomic E-state index is -3.97. The molecule has 0 radical (unpaired) electrons. The normalized spacial score (nSPS) is 10.9. The van der Waals surface area contributed by atoms with Crippen molar-refractivity contribution in [1.29, 1.82) is 0 Å². The number of nitrogens with one attached hydrogen (secondary N) is 1. The summed E-state index contributed by atoms with van der Waals surface area (Å²) in [5, 5.41) is 0. The Morgan fingerprint density at radius 2 is 1.63 bits per heavy atom. The first-order chi connectivity index (χ1) is 14.4. The molecule has 3 rings (SSSR count). The van der Waals surface area contributed by atoms with Crippen LogP contribution in [0.25, 0.3) is 11.1 Å². The van der Waals surface area contributed by atoms with E-state index in [0.717, 1.165) is 5.56 Å². The molecule has 3 aromatic rings. The van der Waals surface area contributed by atoms with E-state index >= 15 is 0 Å². The molecule has 0 fully saturated rings. The monoisotopic (exact) mass is 428 g/mol. The smallest absolute Gasteiger partial charge is 0.337 e. The van der Waals surface area contributed by atoms with E-state index in [4.69, 9.17) is 9.47 Å². The molecule has 2 aromatic carbocycles. The Balaban J connectivity index is 1.91. The van der Waals surface area contributed by atoms with Crippen molar-refractivity contribution in [3.05, 3.63) is 66.5 Å². The van der Waals surface area contributed by atoms with Crippen molar-refractivity contribution in [3.8, 4) is 22.6 Å². The topological polar surface area (TPSA) is 104 Å². The average molecular weight is 428 g/mol. The molecule has 1 N–H and O–H groups in total. The van der Waals surface area contributed by atoms with Crippen molar-refractivity contribution < 1.29 is 27.4 Å². The van der Waals surface area contributed by atoms with Gasteiger partial charge in [-0.25, -0.2) is 13.2 Å². The number of nitrogens with zero attached hydrogens (tertiary/aromatic N) is 1. The molecule has 9 heteroatoms. The molecule has 0 amide bonds. The Morgan fingerprint density at radius 3 is 2.27 bits per heavy atom. The molecule has 0 atom stereocenters. The molecule has 0 aliphatic carbocycles. The number of hydrogen-bond donors (Lipinski definition) is 1. The molecule has 0 aliphatic heterocycles. The van der Waals surface area contributed by atoms with Crippen molar-refractivity contribution in [2.24, 2.45) is 0 Å². The molecule has 1 heterocycles. The molecule has 0 unspecified atom stereocenters. The summed E-state index contributed by atoms with van der Waals surface area (Å²) in [6.45, 7) is 0. The number of pyridine rings is 1. The SMILES string of the molecule is COC(=O)c1ccc(-c2cncc(NS(=O)(=O)c3cc(OC)ccc3OC)c2)cc1. The number of hydrogen-bond acceptors (Lipinski definition) is 7. The highest BCUT2D eigenvalue weighted by molar-refractivity contribution is 7.92. The van der Waals surface area contributed by atoms with Gasteiger partial charge in [0.25, 0.3) is 10.0 Å². The molecule has 0 spiro atoms. The molecule has 8 nitrogen and oxygen atoms in total. The fourth-order valence-corrected chi connectivity index (χ4v) is 3.99. The maximum absolute atomic E-state index is 12.9. The zero-order chi connectivity index (χ0) is 21.7. The number of methoxy groups -OCH3 is 3. The second-order valence-electron chi connectivity index (χ2n) is 6.15. The first-order valence-electron chi connectivity index (χ1n) is 8.76. The van der Waals surface area contributed by atoms with Crippen LogP contribution in [0.1, 0.15) is 10.4 Å². The van der Waals surface area contributed by atoms with Gasteiger partial charge in [0.1, 0.15) is 16.4 Å². The predicted molar refractivity (Wildman–Crippen MR) is 111 cm³/mol. The third-order valence-electron chi connectivity index (χ3n) is 4.29. The maximum atomic E-state index is 12.9. The number of carbonyl (C=O) groups is 1. The molecule has 156 valence electrons. The summed E-state index contributed by atoms with van der Waals surface area (Å²) in [5.41, 5.74) is 2.12. The van der Waals surface area contributed by atoms with Gasteiger partial charge in [-0.1, -0.05) is 12.1 Å². The number of benzene rings is 2. The van der Waals surface area contributed by atoms with E-state index < -0.39 is 16.0 Å². The zero-order valence-corrected chi connectivity index (χ0v) is 17.4. The molecule has 0 saturated carbocycles. The Kier molecular flexibility index (Phi) is 6.22. The van der Waals surface area contributed by atoms with Gasteiger partial charge in [0.2, 0.25) is 0 Å². The number of sulfonamides is 1. The fourth-order valence-electron chi connectivity index (χ4n) is 2.77. The van der Waals surface area contributed by atoms with Gasteiger partial charge in [-0.3, -0.25) is 9.71 Å². The van der Waals surface area contributed by atoms with Crippen LogP contribution in [0.5, 0.6) is 11.5 Å². The summed E-state index contributed by atoms with van der Waals surface area (Å²) in [7, 11) is 0.186. The third kappa shape index (κ3) is 4.52. The standard InChI is InChI=1S/C21H20N2O6S/c1-27-18-8-9-19(28-2)20(11-18)30(25,26)23-17-10-16(12-22-13-17)14-4-6-15(7-5-14)21(24)29-3/h4-13,23H,1-3H3. The van der Waals surface area contributed by atoms with E-state index in [1.165, 1.54) is 39.7 Å². The summed E-state index contributed by atoms with van der Waals surface area (Å²) >= 11 is 0. The minimum absolute atomic E-state index is 0.0582. The van der Waals surface area contributed by atoms with Gasteiger partial charge in [-0.15, -0.1) is 0 Å². The van der Waals surface area contributed by atoms with E-state index in [-0.39, 0.29) is 16.3 Å². The van der Waals surface area contributed by atoms with Crippen molar-refractivity contribution in [2.75, 3.05) is 26.1 Å². The average Bonchev–Trinajstić information content (AvgIpc) is 2.78. The van der Waals surface area contributed by atoms with E-state index in [1.807, 2.05) is 0 Å². The van der Waals surface area contributed by atoms with E-state index in [1.54, 1.807) is 42.6 Å². The quantitative estimate of drug-likeness (QED) is 0.576. The molecule has 1 aromatic heterocycles. The lowest BCUT2D eigenvalue weighted by atomic mass is 10.1. The maximum Gasteiger partial charge on any atom is 0.337 e. The van der Waals surface area contributed by atoms with Gasteiger partial charge in [0.05, 0.1) is 38.8 Å². The van der Waals surface area contributed by atoms with E-state index in [0.29, 0.717) is 16.9 Å². The number of aromatic nitrogens is 1. The Morgan fingerprint density at radius 1 is 0.900 bits per heavy atom. The number of ether oxygens (including phenoxy) is 3. The lowest BCUT2D eigenvalue weighted by Gasteiger charge is -2.13. The fraction of sp³-hybridized carbons (Fsp3) is 0.143. The second-order valence-corrected chi connectivity index (χ2v) is 7.80. The minimum Gasteiger partial charge on any atom is -0.497 e. The first kappa shape index (κ1) is 21.1. The highest BCUT2D eigenvalue weighted by Crippen LogP contribution is 2.30. The summed E-state index contributed by atoms with van der Waals surface area (Å²) in [6.07, 6.45) is 2.99. The third-order valence-corrected chi connectivity index (χ3v) is 5.69. The summed E-state index contributed by atoms with van der Waals surface area (Å²) in [5.74, 6) is 0.132. The summed E-state index contributed by atoms with van der Waals surface area (Å²) < 4.78 is 43.3. The van der Waals surface area contributed by atoms with Gasteiger partial charge >= 0.3 is 5.97 Å². The van der Waals surface area contributed by atoms with Crippen molar-refractivity contribution in [1.82, 2.24) is 4.98 Å². The molecular formula is C21H20N2O6S. The predicted octanol–water partition coefficient (Wildman–Crippen LogP) is 3.35. The van der Waals surface area contributed by atoms with Crippen LogP contribution >= 0.6 is 0 Å². The van der Waals surface area contributed by atoms with Crippen LogP contribution in [0.3, 0.4) is 0 Å². The van der Waals surface area contributed by atoms with Gasteiger partial charge in [-0.05, 0) is 35.9 Å². The first-order valence-corrected chi connectivity index (χ1v) is 10.2. The lowest BCUT2D eigenvalue weighted by molar-refractivity contribution is 0.0600. The molecule has 30 heavy (non-hydrogen) atoms. The van der Waals surface area contributed by atoms with Crippen LogP contribution in [-0.2, 0) is 14.8 Å². The van der Waals surface area contributed by atoms with Gasteiger partial charge < -0.3 is 14.2 Å².